The van der Waals surface area contributed by atoms with Crippen molar-refractivity contribution in [3.63, 3.8) is 0 Å². The number of hydrogen-bond donors (Lipinski definition) is 1. The molecule has 0 aliphatic rings. The highest BCUT2D eigenvalue weighted by Gasteiger charge is 2.12. The molecule has 6 heteroatoms. The molecule has 18 heavy (non-hydrogen) atoms. The lowest BCUT2D eigenvalue weighted by Gasteiger charge is -2.04. The van der Waals surface area contributed by atoms with Crippen LogP contribution in [0.15, 0.2) is 24.3 Å². The van der Waals surface area contributed by atoms with Crippen LogP contribution in [0.5, 0.6) is 0 Å². The van der Waals surface area contributed by atoms with Crippen molar-refractivity contribution in [2.45, 2.75) is 20.4 Å². The Morgan fingerprint density at radius 2 is 2.22 bits per heavy atom. The number of rotatable bonds is 5. The van der Waals surface area contributed by atoms with E-state index in [4.69, 9.17) is 4.42 Å². The van der Waals surface area contributed by atoms with Crippen molar-refractivity contribution in [2.24, 2.45) is 5.92 Å². The fraction of sp³-hybridized carbons (Fsp3) is 0.417. The number of halogens is 2. The summed E-state index contributed by atoms with van der Waals surface area (Å²) in [7, 11) is 0. The summed E-state index contributed by atoms with van der Waals surface area (Å²) < 4.78 is 7.85. The first-order chi connectivity index (χ1) is 8.56. The topological polar surface area (TPSA) is 38.1 Å². The summed E-state index contributed by atoms with van der Waals surface area (Å²) in [6.45, 7) is 5.98. The van der Waals surface area contributed by atoms with Crippen LogP contribution >= 0.6 is 43.2 Å². The lowest BCUT2D eigenvalue weighted by Crippen LogP contribution is -2.18. The van der Waals surface area contributed by atoms with Crippen LogP contribution < -0.4 is 5.32 Å². The van der Waals surface area contributed by atoms with Crippen LogP contribution in [-0.2, 0) is 6.54 Å². The fourth-order valence-electron chi connectivity index (χ4n) is 1.49. The summed E-state index contributed by atoms with van der Waals surface area (Å²) in [6.07, 6.45) is 1.77. The Kier molecular flexibility index (Phi) is 5.00. The molecular weight excluding hydrogens is 380 g/mol. The fourth-order valence-corrected chi connectivity index (χ4v) is 4.31. The molecule has 98 valence electrons. The van der Waals surface area contributed by atoms with Gasteiger partial charge in [0.25, 0.3) is 0 Å². The van der Waals surface area contributed by atoms with Crippen molar-refractivity contribution < 1.29 is 4.42 Å². The van der Waals surface area contributed by atoms with Crippen molar-refractivity contribution in [1.29, 1.82) is 0 Å². The third-order valence-corrected chi connectivity index (χ3v) is 4.64. The van der Waals surface area contributed by atoms with Crippen molar-refractivity contribution in [3.8, 4) is 11.3 Å². The van der Waals surface area contributed by atoms with Crippen LogP contribution in [0.2, 0.25) is 0 Å². The Morgan fingerprint density at radius 3 is 2.83 bits per heavy atom. The van der Waals surface area contributed by atoms with Gasteiger partial charge in [-0.25, -0.2) is 4.98 Å². The van der Waals surface area contributed by atoms with Crippen molar-refractivity contribution in [2.75, 3.05) is 6.54 Å². The standard InChI is InChI=1S/C12H14Br2N2OS/c1-7(2)4-15-6-11-16-5-9(17-11)8-3-10(13)18-12(8)14/h3,5,7,15H,4,6H2,1-2H3. The summed E-state index contributed by atoms with van der Waals surface area (Å²) in [6, 6.07) is 2.03. The van der Waals surface area contributed by atoms with E-state index >= 15 is 0 Å². The number of thiophene rings is 1. The molecule has 2 aromatic rings. The van der Waals surface area contributed by atoms with Gasteiger partial charge in [0, 0.05) is 5.56 Å². The highest BCUT2D eigenvalue weighted by Crippen LogP contribution is 2.38. The number of hydrogen-bond acceptors (Lipinski definition) is 4. The second-order valence-electron chi connectivity index (χ2n) is 4.38. The van der Waals surface area contributed by atoms with Crippen LogP contribution in [-0.4, -0.2) is 11.5 Å². The molecule has 0 saturated carbocycles. The number of nitrogens with one attached hydrogen (secondary N) is 1. The zero-order valence-electron chi connectivity index (χ0n) is 10.2. The monoisotopic (exact) mass is 392 g/mol. The van der Waals surface area contributed by atoms with Crippen LogP contribution in [0.25, 0.3) is 11.3 Å². The van der Waals surface area contributed by atoms with Gasteiger partial charge in [0.2, 0.25) is 5.89 Å². The third-order valence-electron chi connectivity index (χ3n) is 2.30. The van der Waals surface area contributed by atoms with E-state index in [1.165, 1.54) is 0 Å². The molecule has 0 saturated heterocycles. The molecule has 1 N–H and O–H groups in total. The number of oxazole rings is 1. The van der Waals surface area contributed by atoms with Crippen molar-refractivity contribution >= 4 is 43.2 Å². The van der Waals surface area contributed by atoms with Gasteiger partial charge in [-0.1, -0.05) is 13.8 Å². The summed E-state index contributed by atoms with van der Waals surface area (Å²) in [5, 5.41) is 3.31. The summed E-state index contributed by atoms with van der Waals surface area (Å²) in [5.41, 5.74) is 1.04. The van der Waals surface area contributed by atoms with Gasteiger partial charge in [-0.15, -0.1) is 11.3 Å². The molecular formula is C12H14Br2N2OS. The van der Waals surface area contributed by atoms with Crippen LogP contribution in [0, 0.1) is 5.92 Å². The normalized spacial score (nSPS) is 11.4. The zero-order chi connectivity index (χ0) is 13.1. The van der Waals surface area contributed by atoms with Gasteiger partial charge in [0.05, 0.1) is 20.3 Å². The van der Waals surface area contributed by atoms with Crippen LogP contribution in [0.3, 0.4) is 0 Å². The first-order valence-electron chi connectivity index (χ1n) is 5.67. The largest absolute Gasteiger partial charge is 0.439 e. The molecule has 0 aliphatic heterocycles. The molecule has 0 aliphatic carbocycles. The Balaban J connectivity index is 2.04. The Hall–Kier alpha value is -0.170. The van der Waals surface area contributed by atoms with Gasteiger partial charge < -0.3 is 9.73 Å². The van der Waals surface area contributed by atoms with Gasteiger partial charge in [-0.2, -0.15) is 0 Å². The van der Waals surface area contributed by atoms with E-state index in [9.17, 15) is 0 Å². The predicted molar refractivity (Wildman–Crippen MR) is 81.8 cm³/mol. The van der Waals surface area contributed by atoms with Gasteiger partial charge in [-0.05, 0) is 50.4 Å². The molecule has 0 aromatic carbocycles. The number of aromatic nitrogens is 1. The maximum absolute atomic E-state index is 5.73. The first-order valence-corrected chi connectivity index (χ1v) is 8.07. The lowest BCUT2D eigenvalue weighted by molar-refractivity contribution is 0.459. The van der Waals surface area contributed by atoms with Gasteiger partial charge in [0.1, 0.15) is 0 Å². The smallest absolute Gasteiger partial charge is 0.208 e. The Labute approximate surface area is 127 Å². The van der Waals surface area contributed by atoms with E-state index in [1.807, 2.05) is 6.07 Å². The lowest BCUT2D eigenvalue weighted by atomic mass is 10.2. The van der Waals surface area contributed by atoms with E-state index in [-0.39, 0.29) is 0 Å². The summed E-state index contributed by atoms with van der Waals surface area (Å²) in [4.78, 5) is 4.28. The molecule has 3 nitrogen and oxygen atoms in total. The third kappa shape index (κ3) is 3.66. The molecule has 0 amide bonds. The van der Waals surface area contributed by atoms with Gasteiger partial charge in [-0.3, -0.25) is 0 Å². The molecule has 2 aromatic heterocycles. The van der Waals surface area contributed by atoms with Gasteiger partial charge >= 0.3 is 0 Å². The maximum atomic E-state index is 5.73. The molecule has 2 heterocycles. The highest BCUT2D eigenvalue weighted by atomic mass is 79.9. The second kappa shape index (κ2) is 6.32. The van der Waals surface area contributed by atoms with Crippen molar-refractivity contribution in [1.82, 2.24) is 10.3 Å². The molecule has 0 radical (unpaired) electrons. The zero-order valence-corrected chi connectivity index (χ0v) is 14.2. The molecule has 2 rings (SSSR count). The maximum Gasteiger partial charge on any atom is 0.208 e. The van der Waals surface area contributed by atoms with Crippen molar-refractivity contribution in [3.05, 3.63) is 25.7 Å². The van der Waals surface area contributed by atoms with Crippen LogP contribution in [0.4, 0.5) is 0 Å². The average molecular weight is 394 g/mol. The second-order valence-corrected chi connectivity index (χ2v) is 8.13. The number of nitrogens with zero attached hydrogens (tertiary/aromatic N) is 1. The minimum Gasteiger partial charge on any atom is -0.439 e. The van der Waals surface area contributed by atoms with Crippen LogP contribution in [0.1, 0.15) is 19.7 Å². The molecule has 0 bridgehead atoms. The van der Waals surface area contributed by atoms with E-state index in [0.717, 1.165) is 31.3 Å². The SMILES string of the molecule is CC(C)CNCc1ncc(-c2cc(Br)sc2Br)o1. The minimum atomic E-state index is 0.626. The summed E-state index contributed by atoms with van der Waals surface area (Å²) >= 11 is 8.60. The van der Waals surface area contributed by atoms with Gasteiger partial charge in [0.15, 0.2) is 5.76 Å². The van der Waals surface area contributed by atoms with E-state index in [1.54, 1.807) is 17.5 Å². The quantitative estimate of drug-likeness (QED) is 0.801. The first kappa shape index (κ1) is 14.2. The summed E-state index contributed by atoms with van der Waals surface area (Å²) in [5.74, 6) is 2.14. The molecule has 0 fully saturated rings. The molecule has 0 atom stereocenters. The average Bonchev–Trinajstić information content (AvgIpc) is 2.85. The minimum absolute atomic E-state index is 0.626. The Morgan fingerprint density at radius 1 is 1.44 bits per heavy atom. The Bertz CT molecular complexity index is 522. The molecule has 0 unspecified atom stereocenters. The van der Waals surface area contributed by atoms with E-state index in [2.05, 4.69) is 56.0 Å². The molecule has 0 spiro atoms. The highest BCUT2D eigenvalue weighted by molar-refractivity contribution is 9.12. The van der Waals surface area contributed by atoms with E-state index in [0.29, 0.717) is 12.5 Å². The predicted octanol–water partition coefficient (Wildman–Crippen LogP) is 4.67. The van der Waals surface area contributed by atoms with E-state index < -0.39 is 0 Å².